The molecular weight excluding hydrogens is 286 g/mol. The van der Waals surface area contributed by atoms with Gasteiger partial charge >= 0.3 is 0 Å². The maximum atomic E-state index is 12.1. The van der Waals surface area contributed by atoms with Crippen LogP contribution in [0.5, 0.6) is 0 Å². The fraction of sp³-hybridized carbons (Fsp3) is 0.143. The molecule has 0 aromatic carbocycles. The second-order valence-corrected chi connectivity index (χ2v) is 4.65. The molecule has 3 heterocycles. The highest BCUT2D eigenvalue weighted by Gasteiger charge is 2.19. The van der Waals surface area contributed by atoms with E-state index in [2.05, 4.69) is 20.8 Å². The van der Waals surface area contributed by atoms with E-state index < -0.39 is 11.9 Å². The van der Waals surface area contributed by atoms with Gasteiger partial charge in [-0.15, -0.1) is 10.2 Å². The molecule has 0 radical (unpaired) electrons. The summed E-state index contributed by atoms with van der Waals surface area (Å²) in [6, 6.07) is 6.18. The van der Waals surface area contributed by atoms with Crippen molar-refractivity contribution in [1.29, 1.82) is 0 Å². The lowest BCUT2D eigenvalue weighted by atomic mass is 10.2. The number of fused-ring (bicyclic) bond motifs is 1. The number of carbonyl (C=O) groups excluding carboxylic acids is 2. The summed E-state index contributed by atoms with van der Waals surface area (Å²) in [5, 5.41) is 13.0. The van der Waals surface area contributed by atoms with Crippen molar-refractivity contribution in [3.05, 3.63) is 48.6 Å². The Morgan fingerprint density at radius 2 is 2.14 bits per heavy atom. The van der Waals surface area contributed by atoms with Gasteiger partial charge in [-0.2, -0.15) is 0 Å². The van der Waals surface area contributed by atoms with Gasteiger partial charge in [0.05, 0.1) is 11.8 Å². The van der Waals surface area contributed by atoms with Gasteiger partial charge in [-0.1, -0.05) is 6.07 Å². The van der Waals surface area contributed by atoms with E-state index in [4.69, 9.17) is 4.42 Å². The summed E-state index contributed by atoms with van der Waals surface area (Å²) in [5.74, 6) is -0.484. The number of rotatable bonds is 4. The van der Waals surface area contributed by atoms with E-state index >= 15 is 0 Å². The topological polar surface area (TPSA) is 102 Å². The Bertz CT molecular complexity index is 809. The Kier molecular flexibility index (Phi) is 3.57. The lowest BCUT2D eigenvalue weighted by molar-refractivity contribution is -0.117. The number of carbonyl (C=O) groups is 2. The average molecular weight is 299 g/mol. The number of anilines is 1. The van der Waals surface area contributed by atoms with Gasteiger partial charge in [-0.05, 0) is 25.1 Å². The summed E-state index contributed by atoms with van der Waals surface area (Å²) >= 11 is 0. The molecule has 8 heteroatoms. The molecule has 0 aliphatic rings. The van der Waals surface area contributed by atoms with Crippen LogP contribution in [0.1, 0.15) is 17.3 Å². The first-order chi connectivity index (χ1) is 10.6. The number of nitrogens with zero attached hydrogens (tertiary/aromatic N) is 3. The third-order valence-electron chi connectivity index (χ3n) is 3.07. The predicted octanol–water partition coefficient (Wildman–Crippen LogP) is 1.08. The highest BCUT2D eigenvalue weighted by Crippen LogP contribution is 2.08. The van der Waals surface area contributed by atoms with Crippen LogP contribution in [0, 0.1) is 0 Å². The van der Waals surface area contributed by atoms with E-state index in [0.29, 0.717) is 17.2 Å². The van der Waals surface area contributed by atoms with Crippen molar-refractivity contribution in [2.45, 2.75) is 13.0 Å². The quantitative estimate of drug-likeness (QED) is 0.750. The molecule has 3 rings (SSSR count). The number of pyridine rings is 1. The Morgan fingerprint density at radius 3 is 2.91 bits per heavy atom. The maximum Gasteiger partial charge on any atom is 0.255 e. The molecule has 3 aromatic rings. The van der Waals surface area contributed by atoms with Crippen LogP contribution in [0.2, 0.25) is 0 Å². The average Bonchev–Trinajstić information content (AvgIpc) is 3.17. The number of hydrogen-bond acceptors (Lipinski definition) is 5. The Morgan fingerprint density at radius 1 is 1.27 bits per heavy atom. The summed E-state index contributed by atoms with van der Waals surface area (Å²) in [6.07, 6.45) is 4.44. The first kappa shape index (κ1) is 13.8. The van der Waals surface area contributed by atoms with Gasteiger partial charge in [0.15, 0.2) is 5.65 Å². The van der Waals surface area contributed by atoms with Crippen LogP contribution < -0.4 is 10.6 Å². The molecule has 0 aliphatic carbocycles. The standard InChI is InChI=1S/C14H13N5O3/c1-9(15-13(21)10-5-7-22-8-10)12(20)16-14-18-17-11-4-2-3-6-19(11)14/h2-9H,1H3,(H,15,21)(H,16,18,20). The van der Waals surface area contributed by atoms with Crippen LogP contribution in [0.15, 0.2) is 47.4 Å². The summed E-state index contributed by atoms with van der Waals surface area (Å²) in [5.41, 5.74) is 0.973. The van der Waals surface area contributed by atoms with Crippen LogP contribution in [-0.4, -0.2) is 32.5 Å². The molecule has 0 saturated heterocycles. The molecule has 0 aliphatic heterocycles. The van der Waals surface area contributed by atoms with Crippen molar-refractivity contribution < 1.29 is 14.0 Å². The van der Waals surface area contributed by atoms with E-state index in [-0.39, 0.29) is 5.91 Å². The minimum atomic E-state index is -0.738. The van der Waals surface area contributed by atoms with Crippen LogP contribution >= 0.6 is 0 Å². The molecule has 0 spiro atoms. The first-order valence-electron chi connectivity index (χ1n) is 6.59. The number of furan rings is 1. The number of nitrogens with one attached hydrogen (secondary N) is 2. The highest BCUT2D eigenvalue weighted by molar-refractivity contribution is 6.00. The molecule has 112 valence electrons. The van der Waals surface area contributed by atoms with E-state index in [9.17, 15) is 9.59 Å². The van der Waals surface area contributed by atoms with Crippen LogP contribution in [0.3, 0.4) is 0 Å². The van der Waals surface area contributed by atoms with Crippen molar-refractivity contribution >= 4 is 23.4 Å². The third-order valence-corrected chi connectivity index (χ3v) is 3.07. The summed E-state index contributed by atoms with van der Waals surface area (Å²) in [6.45, 7) is 1.58. The van der Waals surface area contributed by atoms with Gasteiger partial charge < -0.3 is 9.73 Å². The van der Waals surface area contributed by atoms with E-state index in [1.807, 2.05) is 6.07 Å². The van der Waals surface area contributed by atoms with E-state index in [1.165, 1.54) is 18.6 Å². The predicted molar refractivity (Wildman–Crippen MR) is 77.3 cm³/mol. The molecule has 2 N–H and O–H groups in total. The summed E-state index contributed by atoms with van der Waals surface area (Å²) in [7, 11) is 0. The first-order valence-corrected chi connectivity index (χ1v) is 6.59. The Hall–Kier alpha value is -3.16. The minimum Gasteiger partial charge on any atom is -0.472 e. The van der Waals surface area contributed by atoms with Crippen LogP contribution in [-0.2, 0) is 4.79 Å². The smallest absolute Gasteiger partial charge is 0.255 e. The van der Waals surface area contributed by atoms with E-state index in [1.54, 1.807) is 29.7 Å². The number of amides is 2. The van der Waals surface area contributed by atoms with Crippen molar-refractivity contribution in [1.82, 2.24) is 19.9 Å². The molecule has 3 aromatic heterocycles. The highest BCUT2D eigenvalue weighted by atomic mass is 16.3. The van der Waals surface area contributed by atoms with Crippen molar-refractivity contribution in [3.63, 3.8) is 0 Å². The molecule has 2 amide bonds. The van der Waals surface area contributed by atoms with Crippen LogP contribution in [0.25, 0.3) is 5.65 Å². The normalized spacial score (nSPS) is 12.0. The molecule has 1 unspecified atom stereocenters. The molecule has 22 heavy (non-hydrogen) atoms. The molecule has 0 saturated carbocycles. The molecule has 0 bridgehead atoms. The van der Waals surface area contributed by atoms with Gasteiger partial charge in [0.1, 0.15) is 12.3 Å². The number of hydrogen-bond donors (Lipinski definition) is 2. The Balaban J connectivity index is 1.67. The van der Waals surface area contributed by atoms with Gasteiger partial charge in [0.25, 0.3) is 5.91 Å². The zero-order chi connectivity index (χ0) is 15.5. The lowest BCUT2D eigenvalue weighted by Gasteiger charge is -2.12. The van der Waals surface area contributed by atoms with E-state index in [0.717, 1.165) is 0 Å². The summed E-state index contributed by atoms with van der Waals surface area (Å²) < 4.78 is 6.47. The SMILES string of the molecule is CC(NC(=O)c1ccoc1)C(=O)Nc1nnc2ccccn12. The largest absolute Gasteiger partial charge is 0.472 e. The minimum absolute atomic E-state index is 0.296. The van der Waals surface area contributed by atoms with Crippen molar-refractivity contribution in [3.8, 4) is 0 Å². The third kappa shape index (κ3) is 2.66. The van der Waals surface area contributed by atoms with Crippen molar-refractivity contribution in [2.75, 3.05) is 5.32 Å². The molecular formula is C14H13N5O3. The van der Waals surface area contributed by atoms with Crippen LogP contribution in [0.4, 0.5) is 5.95 Å². The van der Waals surface area contributed by atoms with Gasteiger partial charge in [-0.3, -0.25) is 19.3 Å². The summed E-state index contributed by atoms with van der Waals surface area (Å²) in [4.78, 5) is 24.0. The molecule has 0 fully saturated rings. The van der Waals surface area contributed by atoms with Gasteiger partial charge in [0, 0.05) is 6.20 Å². The molecule has 1 atom stereocenters. The lowest BCUT2D eigenvalue weighted by Crippen LogP contribution is -2.41. The van der Waals surface area contributed by atoms with Gasteiger partial charge in [0.2, 0.25) is 11.9 Å². The fourth-order valence-electron chi connectivity index (χ4n) is 1.88. The monoisotopic (exact) mass is 299 g/mol. The van der Waals surface area contributed by atoms with Gasteiger partial charge in [-0.25, -0.2) is 0 Å². The number of aromatic nitrogens is 3. The Labute approximate surface area is 125 Å². The zero-order valence-electron chi connectivity index (χ0n) is 11.7. The zero-order valence-corrected chi connectivity index (χ0v) is 11.7. The van der Waals surface area contributed by atoms with Crippen molar-refractivity contribution in [2.24, 2.45) is 0 Å². The second-order valence-electron chi connectivity index (χ2n) is 4.65. The fourth-order valence-corrected chi connectivity index (χ4v) is 1.88. The second kappa shape index (κ2) is 5.68. The maximum absolute atomic E-state index is 12.1. The molecule has 8 nitrogen and oxygen atoms in total.